The lowest BCUT2D eigenvalue weighted by Gasteiger charge is -2.29. The van der Waals surface area contributed by atoms with E-state index in [1.54, 1.807) is 0 Å². The Hall–Kier alpha value is -1.10. The molecule has 2 bridgehead atoms. The van der Waals surface area contributed by atoms with Crippen LogP contribution in [-0.2, 0) is 9.59 Å². The number of rotatable bonds is 5. The number of likely N-dealkylation sites (tertiary alicyclic amines) is 1. The summed E-state index contributed by atoms with van der Waals surface area (Å²) in [7, 11) is 0. The topological polar surface area (TPSA) is 69.6 Å². The second-order valence-corrected chi connectivity index (χ2v) is 7.81. The number of carboxylic acids is 1. The van der Waals surface area contributed by atoms with Gasteiger partial charge in [-0.05, 0) is 49.9 Å². The van der Waals surface area contributed by atoms with Crippen LogP contribution in [0.5, 0.6) is 0 Å². The summed E-state index contributed by atoms with van der Waals surface area (Å²) >= 11 is 0. The van der Waals surface area contributed by atoms with Gasteiger partial charge in [-0.1, -0.05) is 13.3 Å². The molecular weight excluding hydrogens is 280 g/mol. The summed E-state index contributed by atoms with van der Waals surface area (Å²) in [5, 5.41) is 12.3. The van der Waals surface area contributed by atoms with Crippen LogP contribution in [0, 0.1) is 29.6 Å². The van der Waals surface area contributed by atoms with Crippen LogP contribution >= 0.6 is 0 Å². The first kappa shape index (κ1) is 15.8. The molecule has 5 heteroatoms. The van der Waals surface area contributed by atoms with Crippen LogP contribution < -0.4 is 5.32 Å². The number of nitrogens with zero attached hydrogens (tertiary/aromatic N) is 1. The number of hydrogen-bond acceptors (Lipinski definition) is 3. The monoisotopic (exact) mass is 308 g/mol. The standard InChI is InChI=1S/C17H28N2O3/c1-10-7-19(8-15(10)17(21)22)9-16(20)18-11(2)14-6-12-3-4-13(14)5-12/h10-15H,3-9H2,1-2H3,(H,18,20)(H,21,22)/t10-,11?,12?,13?,14?,15-/m1/s1. The summed E-state index contributed by atoms with van der Waals surface area (Å²) in [6.07, 6.45) is 5.34. The molecule has 124 valence electrons. The van der Waals surface area contributed by atoms with E-state index in [1.165, 1.54) is 25.7 Å². The summed E-state index contributed by atoms with van der Waals surface area (Å²) in [4.78, 5) is 25.4. The summed E-state index contributed by atoms with van der Waals surface area (Å²) in [6, 6.07) is 0.248. The molecule has 2 N–H and O–H groups in total. The Morgan fingerprint density at radius 1 is 1.27 bits per heavy atom. The molecule has 0 aromatic rings. The third-order valence-electron chi connectivity index (χ3n) is 6.20. The first-order chi connectivity index (χ1) is 10.4. The van der Waals surface area contributed by atoms with Gasteiger partial charge < -0.3 is 10.4 Å². The van der Waals surface area contributed by atoms with E-state index in [0.717, 1.165) is 11.8 Å². The van der Waals surface area contributed by atoms with Crippen LogP contribution in [-0.4, -0.2) is 47.6 Å². The van der Waals surface area contributed by atoms with Crippen LogP contribution in [0.3, 0.4) is 0 Å². The first-order valence-corrected chi connectivity index (χ1v) is 8.68. The minimum Gasteiger partial charge on any atom is -0.481 e. The van der Waals surface area contributed by atoms with Crippen molar-refractivity contribution in [3.63, 3.8) is 0 Å². The first-order valence-electron chi connectivity index (χ1n) is 8.68. The molecule has 1 saturated heterocycles. The van der Waals surface area contributed by atoms with Gasteiger partial charge in [0, 0.05) is 19.1 Å². The van der Waals surface area contributed by atoms with E-state index in [4.69, 9.17) is 5.11 Å². The Morgan fingerprint density at radius 3 is 2.59 bits per heavy atom. The zero-order valence-electron chi connectivity index (χ0n) is 13.6. The zero-order chi connectivity index (χ0) is 15.9. The summed E-state index contributed by atoms with van der Waals surface area (Å²) < 4.78 is 0. The van der Waals surface area contributed by atoms with E-state index < -0.39 is 5.97 Å². The molecule has 4 unspecified atom stereocenters. The van der Waals surface area contributed by atoms with Crippen molar-refractivity contribution < 1.29 is 14.7 Å². The van der Waals surface area contributed by atoms with Gasteiger partial charge >= 0.3 is 5.97 Å². The van der Waals surface area contributed by atoms with Crippen molar-refractivity contribution in [2.45, 2.75) is 45.6 Å². The highest BCUT2D eigenvalue weighted by molar-refractivity contribution is 5.78. The van der Waals surface area contributed by atoms with Crippen molar-refractivity contribution in [3.8, 4) is 0 Å². The molecule has 0 aromatic carbocycles. The van der Waals surface area contributed by atoms with Crippen molar-refractivity contribution in [2.24, 2.45) is 29.6 Å². The van der Waals surface area contributed by atoms with Gasteiger partial charge in [0.1, 0.15) is 0 Å². The minimum atomic E-state index is -0.745. The van der Waals surface area contributed by atoms with E-state index in [9.17, 15) is 9.59 Å². The summed E-state index contributed by atoms with van der Waals surface area (Å²) in [5.41, 5.74) is 0. The summed E-state index contributed by atoms with van der Waals surface area (Å²) in [6.45, 7) is 5.61. The number of carbonyl (C=O) groups excluding carboxylic acids is 1. The number of carbonyl (C=O) groups is 2. The number of carboxylic acid groups (broad SMARTS) is 1. The molecule has 1 heterocycles. The molecule has 22 heavy (non-hydrogen) atoms. The summed E-state index contributed by atoms with van der Waals surface area (Å²) in [5.74, 6) is 1.43. The lowest BCUT2D eigenvalue weighted by molar-refractivity contribution is -0.142. The molecule has 3 fully saturated rings. The molecule has 3 aliphatic rings. The van der Waals surface area contributed by atoms with Gasteiger partial charge in [0.05, 0.1) is 12.5 Å². The van der Waals surface area contributed by atoms with Gasteiger partial charge in [0.2, 0.25) is 5.91 Å². The van der Waals surface area contributed by atoms with E-state index >= 15 is 0 Å². The van der Waals surface area contributed by atoms with Crippen molar-refractivity contribution in [1.29, 1.82) is 0 Å². The molecule has 2 saturated carbocycles. The molecule has 1 aliphatic heterocycles. The highest BCUT2D eigenvalue weighted by Gasteiger charge is 2.42. The van der Waals surface area contributed by atoms with Gasteiger partial charge in [-0.3, -0.25) is 14.5 Å². The van der Waals surface area contributed by atoms with Crippen LogP contribution in [0.1, 0.15) is 39.5 Å². The van der Waals surface area contributed by atoms with Crippen LogP contribution in [0.2, 0.25) is 0 Å². The SMILES string of the molecule is CC(NC(=O)CN1C[C@@H](C)[C@H](C(=O)O)C1)C1CC2CCC1C2. The predicted octanol–water partition coefficient (Wildman–Crippen LogP) is 1.58. The number of nitrogens with one attached hydrogen (secondary N) is 1. The van der Waals surface area contributed by atoms with E-state index in [0.29, 0.717) is 25.6 Å². The second-order valence-electron chi connectivity index (χ2n) is 7.81. The Kier molecular flexibility index (Phi) is 4.44. The fourth-order valence-corrected chi connectivity index (χ4v) is 5.03. The fourth-order valence-electron chi connectivity index (χ4n) is 5.03. The maximum Gasteiger partial charge on any atom is 0.308 e. The van der Waals surface area contributed by atoms with Gasteiger partial charge in [0.25, 0.3) is 0 Å². The maximum absolute atomic E-state index is 12.3. The van der Waals surface area contributed by atoms with Crippen molar-refractivity contribution in [3.05, 3.63) is 0 Å². The Morgan fingerprint density at radius 2 is 2.05 bits per heavy atom. The Balaban J connectivity index is 1.46. The minimum absolute atomic E-state index is 0.0495. The zero-order valence-corrected chi connectivity index (χ0v) is 13.6. The average molecular weight is 308 g/mol. The number of aliphatic carboxylic acids is 1. The predicted molar refractivity (Wildman–Crippen MR) is 83.3 cm³/mol. The molecule has 1 amide bonds. The maximum atomic E-state index is 12.3. The van der Waals surface area contributed by atoms with Crippen molar-refractivity contribution in [1.82, 2.24) is 10.2 Å². The molecule has 3 rings (SSSR count). The smallest absolute Gasteiger partial charge is 0.308 e. The highest BCUT2D eigenvalue weighted by Crippen LogP contribution is 2.49. The van der Waals surface area contributed by atoms with E-state index in [-0.39, 0.29) is 23.8 Å². The largest absolute Gasteiger partial charge is 0.481 e. The molecule has 2 aliphatic carbocycles. The Bertz CT molecular complexity index is 453. The van der Waals surface area contributed by atoms with Gasteiger partial charge in [-0.25, -0.2) is 0 Å². The fraction of sp³-hybridized carbons (Fsp3) is 0.882. The third kappa shape index (κ3) is 3.14. The molecule has 0 radical (unpaired) electrons. The number of hydrogen-bond donors (Lipinski definition) is 2. The molecule has 6 atom stereocenters. The van der Waals surface area contributed by atoms with Crippen LogP contribution in [0.25, 0.3) is 0 Å². The van der Waals surface area contributed by atoms with E-state index in [1.807, 2.05) is 11.8 Å². The normalized spacial score (nSPS) is 39.1. The van der Waals surface area contributed by atoms with Gasteiger partial charge in [-0.2, -0.15) is 0 Å². The lowest BCUT2D eigenvalue weighted by Crippen LogP contribution is -2.44. The lowest BCUT2D eigenvalue weighted by atomic mass is 9.84. The quantitative estimate of drug-likeness (QED) is 0.809. The van der Waals surface area contributed by atoms with E-state index in [2.05, 4.69) is 12.2 Å². The van der Waals surface area contributed by atoms with Crippen LogP contribution in [0.15, 0.2) is 0 Å². The average Bonchev–Trinajstić information content (AvgIpc) is 3.13. The molecule has 5 nitrogen and oxygen atoms in total. The Labute approximate surface area is 132 Å². The number of fused-ring (bicyclic) bond motifs is 2. The third-order valence-corrected chi connectivity index (χ3v) is 6.20. The molecule has 0 aromatic heterocycles. The van der Waals surface area contributed by atoms with Crippen LogP contribution in [0.4, 0.5) is 0 Å². The second kappa shape index (κ2) is 6.19. The molecule has 0 spiro atoms. The van der Waals surface area contributed by atoms with Gasteiger partial charge in [0.15, 0.2) is 0 Å². The molecular formula is C17H28N2O3. The van der Waals surface area contributed by atoms with Crippen molar-refractivity contribution in [2.75, 3.05) is 19.6 Å². The number of amides is 1. The van der Waals surface area contributed by atoms with Crippen molar-refractivity contribution >= 4 is 11.9 Å². The highest BCUT2D eigenvalue weighted by atomic mass is 16.4. The van der Waals surface area contributed by atoms with Gasteiger partial charge in [-0.15, -0.1) is 0 Å².